The highest BCUT2D eigenvalue weighted by atomic mass is 16.5. The smallest absolute Gasteiger partial charge is 0.135 e. The van der Waals surface area contributed by atoms with Crippen LogP contribution in [0.1, 0.15) is 22.3 Å². The van der Waals surface area contributed by atoms with Gasteiger partial charge in [-0.3, -0.25) is 0 Å². The van der Waals surface area contributed by atoms with Crippen molar-refractivity contribution >= 4 is 33.7 Å². The minimum Gasteiger partial charge on any atom is -0.488 e. The Morgan fingerprint density at radius 3 is 1.09 bits per heavy atom. The van der Waals surface area contributed by atoms with Gasteiger partial charge >= 0.3 is 0 Å². The van der Waals surface area contributed by atoms with Crippen molar-refractivity contribution in [1.29, 1.82) is 0 Å². The zero-order valence-corrected chi connectivity index (χ0v) is 19.0. The summed E-state index contributed by atoms with van der Waals surface area (Å²) in [4.78, 5) is 0. The fourth-order valence-electron chi connectivity index (χ4n) is 4.17. The van der Waals surface area contributed by atoms with Crippen LogP contribution in [0, 0.1) is 0 Å². The molecule has 34 heavy (non-hydrogen) atoms. The van der Waals surface area contributed by atoms with Crippen molar-refractivity contribution < 1.29 is 9.47 Å². The first kappa shape index (κ1) is 21.5. The highest BCUT2D eigenvalue weighted by Crippen LogP contribution is 2.43. The molecular weight excluding hydrogens is 416 g/mol. The molecule has 0 spiro atoms. The van der Waals surface area contributed by atoms with Crippen molar-refractivity contribution in [3.05, 3.63) is 132 Å². The van der Waals surface area contributed by atoms with Gasteiger partial charge in [0.15, 0.2) is 0 Å². The first-order valence-electron chi connectivity index (χ1n) is 11.4. The molecule has 166 valence electrons. The van der Waals surface area contributed by atoms with Crippen LogP contribution < -0.4 is 9.47 Å². The van der Waals surface area contributed by atoms with Crippen LogP contribution in [0.15, 0.2) is 110 Å². The molecule has 0 radical (unpaired) electrons. The van der Waals surface area contributed by atoms with E-state index in [9.17, 15) is 0 Å². The Labute approximate surface area is 200 Å². The molecule has 2 nitrogen and oxygen atoms in total. The summed E-state index contributed by atoms with van der Waals surface area (Å²) in [7, 11) is 0. The summed E-state index contributed by atoms with van der Waals surface area (Å²) in [6.45, 7) is 8.63. The highest BCUT2D eigenvalue weighted by Gasteiger charge is 2.16. The molecule has 0 heterocycles. The summed E-state index contributed by atoms with van der Waals surface area (Å²) >= 11 is 0. The summed E-state index contributed by atoms with van der Waals surface area (Å²) in [5.41, 5.74) is 4.42. The monoisotopic (exact) mass is 442 g/mol. The van der Waals surface area contributed by atoms with Crippen LogP contribution in [0.3, 0.4) is 0 Å². The minimum absolute atomic E-state index is 0.487. The van der Waals surface area contributed by atoms with Gasteiger partial charge in [-0.1, -0.05) is 122 Å². The Morgan fingerprint density at radius 1 is 0.471 bits per heavy atom. The predicted octanol–water partition coefficient (Wildman–Crippen LogP) is 8.44. The summed E-state index contributed by atoms with van der Waals surface area (Å²) in [5, 5.41) is 4.17. The van der Waals surface area contributed by atoms with Gasteiger partial charge in [0.25, 0.3) is 0 Å². The molecular formula is C32H26O2. The number of ether oxygens (including phenoxy) is 2. The molecule has 0 aromatic heterocycles. The van der Waals surface area contributed by atoms with Crippen molar-refractivity contribution in [3.8, 4) is 11.5 Å². The van der Waals surface area contributed by atoms with Crippen LogP contribution in [0.25, 0.3) is 33.7 Å². The maximum atomic E-state index is 6.44. The lowest BCUT2D eigenvalue weighted by Crippen LogP contribution is -2.00. The van der Waals surface area contributed by atoms with E-state index in [2.05, 4.69) is 86.0 Å². The van der Waals surface area contributed by atoms with E-state index in [0.29, 0.717) is 13.2 Å². The minimum atomic E-state index is 0.487. The van der Waals surface area contributed by atoms with Gasteiger partial charge in [-0.05, 0) is 22.3 Å². The van der Waals surface area contributed by atoms with Crippen molar-refractivity contribution in [2.45, 2.75) is 13.2 Å². The molecule has 0 saturated carbocycles. The van der Waals surface area contributed by atoms with E-state index >= 15 is 0 Å². The van der Waals surface area contributed by atoms with Gasteiger partial charge in [0, 0.05) is 21.5 Å². The van der Waals surface area contributed by atoms with Crippen LogP contribution in [0.5, 0.6) is 11.5 Å². The lowest BCUT2D eigenvalue weighted by Gasteiger charge is -2.18. The van der Waals surface area contributed by atoms with Crippen molar-refractivity contribution in [1.82, 2.24) is 0 Å². The molecule has 0 atom stereocenters. The molecule has 5 aromatic rings. The van der Waals surface area contributed by atoms with Crippen LogP contribution in [-0.4, -0.2) is 0 Å². The van der Waals surface area contributed by atoms with E-state index in [1.165, 1.54) is 0 Å². The molecule has 0 bridgehead atoms. The fourth-order valence-corrected chi connectivity index (χ4v) is 4.17. The van der Waals surface area contributed by atoms with E-state index < -0.39 is 0 Å². The zero-order chi connectivity index (χ0) is 23.3. The van der Waals surface area contributed by atoms with E-state index in [1.54, 1.807) is 0 Å². The molecule has 5 rings (SSSR count). The maximum absolute atomic E-state index is 6.44. The Morgan fingerprint density at radius 2 is 0.794 bits per heavy atom. The third-order valence-electron chi connectivity index (χ3n) is 6.03. The molecule has 2 heteroatoms. The van der Waals surface area contributed by atoms with E-state index in [0.717, 1.165) is 55.3 Å². The largest absolute Gasteiger partial charge is 0.488 e. The van der Waals surface area contributed by atoms with Crippen molar-refractivity contribution in [2.75, 3.05) is 0 Å². The third kappa shape index (κ3) is 4.31. The lowest BCUT2D eigenvalue weighted by molar-refractivity contribution is 0.308. The second-order valence-electron chi connectivity index (χ2n) is 8.22. The second-order valence-corrected chi connectivity index (χ2v) is 8.22. The van der Waals surface area contributed by atoms with Gasteiger partial charge in [0.1, 0.15) is 24.7 Å². The fraction of sp³-hybridized carbons (Fsp3) is 0.0625. The molecule has 0 aliphatic heterocycles. The van der Waals surface area contributed by atoms with E-state index in [4.69, 9.17) is 9.47 Å². The summed E-state index contributed by atoms with van der Waals surface area (Å²) in [6.07, 6.45) is 3.69. The van der Waals surface area contributed by atoms with Crippen molar-refractivity contribution in [2.24, 2.45) is 0 Å². The first-order chi connectivity index (χ1) is 16.8. The molecule has 0 aliphatic carbocycles. The lowest BCUT2D eigenvalue weighted by atomic mass is 10.0. The normalized spacial score (nSPS) is 10.8. The van der Waals surface area contributed by atoms with Gasteiger partial charge in [-0.25, -0.2) is 0 Å². The van der Waals surface area contributed by atoms with Crippen LogP contribution in [0.2, 0.25) is 0 Å². The maximum Gasteiger partial charge on any atom is 0.135 e. The second kappa shape index (κ2) is 9.68. The summed E-state index contributed by atoms with van der Waals surface area (Å²) in [6, 6.07) is 33.1. The highest BCUT2D eigenvalue weighted by molar-refractivity contribution is 6.11. The third-order valence-corrected chi connectivity index (χ3v) is 6.03. The summed E-state index contributed by atoms with van der Waals surface area (Å²) in [5.74, 6) is 1.75. The van der Waals surface area contributed by atoms with Gasteiger partial charge < -0.3 is 9.47 Å². The molecule has 0 aliphatic rings. The number of benzene rings is 5. The van der Waals surface area contributed by atoms with Crippen LogP contribution >= 0.6 is 0 Å². The Balaban J connectivity index is 1.53. The average Bonchev–Trinajstić information content (AvgIpc) is 2.91. The molecule has 0 N–H and O–H groups in total. The predicted molar refractivity (Wildman–Crippen MR) is 143 cm³/mol. The van der Waals surface area contributed by atoms with Crippen LogP contribution in [0.4, 0.5) is 0 Å². The zero-order valence-electron chi connectivity index (χ0n) is 19.0. The molecule has 5 aromatic carbocycles. The quantitative estimate of drug-likeness (QED) is 0.224. The Hall–Kier alpha value is -4.30. The standard InChI is InChI=1S/C32H26O2/c1-3-23-13-17-25(18-14-23)21-33-31-27-9-5-7-11-29(27)32(30-12-8-6-10-28(30)31)34-22-26-19-15-24(4-2)16-20-26/h3-20H,1-2,21-22H2. The first-order valence-corrected chi connectivity index (χ1v) is 11.4. The average molecular weight is 443 g/mol. The number of fused-ring (bicyclic) bond motifs is 2. The molecule has 0 amide bonds. The van der Waals surface area contributed by atoms with Gasteiger partial charge in [-0.15, -0.1) is 0 Å². The van der Waals surface area contributed by atoms with E-state index in [-0.39, 0.29) is 0 Å². The number of hydrogen-bond acceptors (Lipinski definition) is 2. The van der Waals surface area contributed by atoms with Crippen molar-refractivity contribution in [3.63, 3.8) is 0 Å². The number of rotatable bonds is 8. The van der Waals surface area contributed by atoms with Gasteiger partial charge in [-0.2, -0.15) is 0 Å². The van der Waals surface area contributed by atoms with Gasteiger partial charge in [0.05, 0.1) is 0 Å². The molecule has 0 saturated heterocycles. The van der Waals surface area contributed by atoms with Crippen LogP contribution in [-0.2, 0) is 13.2 Å². The topological polar surface area (TPSA) is 18.5 Å². The molecule has 0 unspecified atom stereocenters. The van der Waals surface area contributed by atoms with E-state index in [1.807, 2.05) is 36.4 Å². The van der Waals surface area contributed by atoms with Gasteiger partial charge in [0.2, 0.25) is 0 Å². The summed E-state index contributed by atoms with van der Waals surface area (Å²) < 4.78 is 12.9. The number of hydrogen-bond donors (Lipinski definition) is 0. The molecule has 0 fully saturated rings. The Bertz CT molecular complexity index is 1290. The SMILES string of the molecule is C=Cc1ccc(COc2c3ccccc3c(OCc3ccc(C=C)cc3)c3ccccc23)cc1. The Kier molecular flexibility index (Phi) is 6.13.